The van der Waals surface area contributed by atoms with Crippen molar-refractivity contribution in [2.24, 2.45) is 0 Å². The largest absolute Gasteiger partial charge is 0.337 e. The highest BCUT2D eigenvalue weighted by molar-refractivity contribution is 7.17. The van der Waals surface area contributed by atoms with Gasteiger partial charge in [0.2, 0.25) is 5.91 Å². The first kappa shape index (κ1) is 19.9. The van der Waals surface area contributed by atoms with Gasteiger partial charge in [0.15, 0.2) is 5.01 Å². The second-order valence-electron chi connectivity index (χ2n) is 6.43. The van der Waals surface area contributed by atoms with Crippen LogP contribution in [0.2, 0.25) is 5.02 Å². The number of hydrogen-bond acceptors (Lipinski definition) is 5. The van der Waals surface area contributed by atoms with Crippen molar-refractivity contribution >= 4 is 34.8 Å². The molecule has 10 heteroatoms. The SMILES string of the molecule is N#Cc1cc(F)cc(-c2sc(C(=O)N3CNC(=O)C3)nc2-c2ccc(F)c(Cl)c2)c1. The Bertz CT molecular complexity index is 1240. The van der Waals surface area contributed by atoms with Gasteiger partial charge in [0.05, 0.1) is 33.9 Å². The third-order valence-corrected chi connectivity index (χ3v) is 5.76. The van der Waals surface area contributed by atoms with Crippen LogP contribution in [0.25, 0.3) is 21.7 Å². The fourth-order valence-electron chi connectivity index (χ4n) is 2.98. The lowest BCUT2D eigenvalue weighted by atomic mass is 10.0. The number of nitriles is 1. The summed E-state index contributed by atoms with van der Waals surface area (Å²) >= 11 is 6.89. The number of benzene rings is 2. The highest BCUT2D eigenvalue weighted by Crippen LogP contribution is 2.39. The standard InChI is InChI=1S/C20H11ClF2N4O2S/c21-14-6-11(1-2-15(14)23)17-18(12-3-10(7-24)4-13(22)5-12)30-19(26-17)20(29)27-8-16(28)25-9-27/h1-6H,8-9H2,(H,25,28). The van der Waals surface area contributed by atoms with Gasteiger partial charge in [-0.15, -0.1) is 11.3 Å². The Hall–Kier alpha value is -3.35. The van der Waals surface area contributed by atoms with E-state index in [1.54, 1.807) is 0 Å². The molecule has 2 aromatic carbocycles. The molecule has 2 heterocycles. The molecule has 4 rings (SSSR count). The van der Waals surface area contributed by atoms with E-state index in [9.17, 15) is 18.4 Å². The molecule has 3 aromatic rings. The van der Waals surface area contributed by atoms with Crippen molar-refractivity contribution in [1.29, 1.82) is 5.26 Å². The molecule has 1 aliphatic heterocycles. The van der Waals surface area contributed by atoms with Crippen LogP contribution >= 0.6 is 22.9 Å². The first-order chi connectivity index (χ1) is 14.4. The van der Waals surface area contributed by atoms with Crippen LogP contribution in [0.15, 0.2) is 36.4 Å². The molecule has 6 nitrogen and oxygen atoms in total. The predicted molar refractivity (Wildman–Crippen MR) is 107 cm³/mol. The summed E-state index contributed by atoms with van der Waals surface area (Å²) in [6, 6.07) is 9.63. The Labute approximate surface area is 178 Å². The first-order valence-electron chi connectivity index (χ1n) is 8.59. The van der Waals surface area contributed by atoms with Gasteiger partial charge in [-0.3, -0.25) is 9.59 Å². The average molecular weight is 445 g/mol. The minimum Gasteiger partial charge on any atom is -0.337 e. The monoisotopic (exact) mass is 444 g/mol. The van der Waals surface area contributed by atoms with Crippen LogP contribution in [-0.4, -0.2) is 34.9 Å². The van der Waals surface area contributed by atoms with Gasteiger partial charge in [-0.1, -0.05) is 11.6 Å². The summed E-state index contributed by atoms with van der Waals surface area (Å²) in [6.07, 6.45) is 0. The summed E-state index contributed by atoms with van der Waals surface area (Å²) in [4.78, 5) is 30.3. The molecular formula is C20H11ClF2N4O2S. The Kier molecular flexibility index (Phi) is 5.20. The summed E-state index contributed by atoms with van der Waals surface area (Å²) < 4.78 is 27.7. The summed E-state index contributed by atoms with van der Waals surface area (Å²) in [5, 5.41) is 11.6. The molecule has 30 heavy (non-hydrogen) atoms. The van der Waals surface area contributed by atoms with E-state index in [1.165, 1.54) is 29.2 Å². The number of nitrogens with zero attached hydrogens (tertiary/aromatic N) is 3. The number of aromatic nitrogens is 1. The fourth-order valence-corrected chi connectivity index (χ4v) is 4.20. The van der Waals surface area contributed by atoms with Gasteiger partial charge < -0.3 is 10.2 Å². The van der Waals surface area contributed by atoms with E-state index in [4.69, 9.17) is 16.9 Å². The van der Waals surface area contributed by atoms with Crippen molar-refractivity contribution in [2.45, 2.75) is 0 Å². The number of thiazole rings is 1. The molecule has 1 fully saturated rings. The van der Waals surface area contributed by atoms with Crippen LogP contribution in [0, 0.1) is 23.0 Å². The van der Waals surface area contributed by atoms with Crippen molar-refractivity contribution in [3.63, 3.8) is 0 Å². The van der Waals surface area contributed by atoms with E-state index < -0.39 is 17.5 Å². The van der Waals surface area contributed by atoms with Crippen LogP contribution < -0.4 is 5.32 Å². The number of nitrogens with one attached hydrogen (secondary N) is 1. The second kappa shape index (κ2) is 7.82. The van der Waals surface area contributed by atoms with E-state index >= 15 is 0 Å². The van der Waals surface area contributed by atoms with Crippen LogP contribution in [0.3, 0.4) is 0 Å². The molecule has 150 valence electrons. The number of amides is 2. The van der Waals surface area contributed by atoms with Crippen LogP contribution in [0.5, 0.6) is 0 Å². The summed E-state index contributed by atoms with van der Waals surface area (Å²) in [5.41, 5.74) is 1.15. The average Bonchev–Trinajstić information content (AvgIpc) is 3.36. The Morgan fingerprint density at radius 3 is 2.70 bits per heavy atom. The molecule has 0 bridgehead atoms. The van der Waals surface area contributed by atoms with Crippen molar-refractivity contribution < 1.29 is 18.4 Å². The third kappa shape index (κ3) is 3.75. The smallest absolute Gasteiger partial charge is 0.284 e. The van der Waals surface area contributed by atoms with E-state index in [0.717, 1.165) is 23.5 Å². The molecule has 0 spiro atoms. The van der Waals surface area contributed by atoms with Gasteiger partial charge in [-0.2, -0.15) is 5.26 Å². The fraction of sp³-hybridized carbons (Fsp3) is 0.100. The molecule has 1 aromatic heterocycles. The van der Waals surface area contributed by atoms with Crippen LogP contribution in [-0.2, 0) is 4.79 Å². The number of rotatable bonds is 3. The maximum atomic E-state index is 14.0. The molecule has 0 atom stereocenters. The van der Waals surface area contributed by atoms with Crippen molar-refractivity contribution in [3.8, 4) is 27.8 Å². The van der Waals surface area contributed by atoms with Gasteiger partial charge >= 0.3 is 0 Å². The minimum absolute atomic E-state index is 0.0584. The lowest BCUT2D eigenvalue weighted by Crippen LogP contribution is -2.29. The number of halogens is 3. The number of carbonyl (C=O) groups excluding carboxylic acids is 2. The third-order valence-electron chi connectivity index (χ3n) is 4.38. The molecule has 0 radical (unpaired) electrons. The van der Waals surface area contributed by atoms with Gasteiger partial charge in [-0.25, -0.2) is 13.8 Å². The quantitative estimate of drug-likeness (QED) is 0.665. The molecule has 2 amide bonds. The zero-order chi connectivity index (χ0) is 21.4. The molecular weight excluding hydrogens is 434 g/mol. The number of hydrogen-bond donors (Lipinski definition) is 1. The van der Waals surface area contributed by atoms with E-state index in [-0.39, 0.29) is 34.7 Å². The second-order valence-corrected chi connectivity index (χ2v) is 7.83. The Morgan fingerprint density at radius 1 is 1.23 bits per heavy atom. The maximum absolute atomic E-state index is 14.0. The van der Waals surface area contributed by atoms with Gasteiger partial charge in [0, 0.05) is 5.56 Å². The molecule has 1 saturated heterocycles. The van der Waals surface area contributed by atoms with E-state index in [0.29, 0.717) is 21.7 Å². The van der Waals surface area contributed by atoms with Crippen molar-refractivity contribution in [1.82, 2.24) is 15.2 Å². The van der Waals surface area contributed by atoms with Crippen LogP contribution in [0.4, 0.5) is 8.78 Å². The maximum Gasteiger partial charge on any atom is 0.284 e. The summed E-state index contributed by atoms with van der Waals surface area (Å²) in [5.74, 6) is -2.00. The van der Waals surface area contributed by atoms with Crippen molar-refractivity contribution in [2.75, 3.05) is 13.2 Å². The molecule has 0 saturated carbocycles. The molecule has 0 unspecified atom stereocenters. The minimum atomic E-state index is -0.622. The van der Waals surface area contributed by atoms with E-state index in [1.807, 2.05) is 6.07 Å². The highest BCUT2D eigenvalue weighted by atomic mass is 35.5. The lowest BCUT2D eigenvalue weighted by molar-refractivity contribution is -0.118. The van der Waals surface area contributed by atoms with Gasteiger partial charge in [-0.05, 0) is 42.0 Å². The lowest BCUT2D eigenvalue weighted by Gasteiger charge is -2.10. The zero-order valence-corrected chi connectivity index (χ0v) is 16.7. The zero-order valence-electron chi connectivity index (χ0n) is 15.1. The topological polar surface area (TPSA) is 86.1 Å². The first-order valence-corrected chi connectivity index (χ1v) is 9.78. The summed E-state index contributed by atoms with van der Waals surface area (Å²) in [6.45, 7) is -0.0349. The van der Waals surface area contributed by atoms with Gasteiger partial charge in [0.1, 0.15) is 18.2 Å². The van der Waals surface area contributed by atoms with Crippen LogP contribution in [0.1, 0.15) is 15.4 Å². The van der Waals surface area contributed by atoms with E-state index in [2.05, 4.69) is 10.3 Å². The highest BCUT2D eigenvalue weighted by Gasteiger charge is 2.28. The Morgan fingerprint density at radius 2 is 2.03 bits per heavy atom. The molecule has 1 N–H and O–H groups in total. The number of carbonyl (C=O) groups is 2. The van der Waals surface area contributed by atoms with Gasteiger partial charge in [0.25, 0.3) is 5.91 Å². The normalized spacial score (nSPS) is 13.3. The molecule has 1 aliphatic rings. The van der Waals surface area contributed by atoms with Crippen molar-refractivity contribution in [3.05, 3.63) is 63.6 Å². The molecule has 0 aliphatic carbocycles. The summed E-state index contributed by atoms with van der Waals surface area (Å²) in [7, 11) is 0. The Balaban J connectivity index is 1.87. The predicted octanol–water partition coefficient (Wildman–Crippen LogP) is 3.81.